The van der Waals surface area contributed by atoms with Crippen LogP contribution in [0.4, 0.5) is 0 Å². The molecule has 0 saturated heterocycles. The Labute approximate surface area is 126 Å². The standard InChI is InChI=1S/C16H13N3O3/c1-10(20)14-7-19(8-16(21)22)15-3-2-11(4-13(14)15)12-5-17-9-18-6-12/h2-7,9H,8H2,1H3,(H,21,22). The molecule has 2 heterocycles. The number of carboxylic acid groups (broad SMARTS) is 1. The number of hydrogen-bond acceptors (Lipinski definition) is 4. The van der Waals surface area contributed by atoms with E-state index in [1.807, 2.05) is 18.2 Å². The van der Waals surface area contributed by atoms with Gasteiger partial charge >= 0.3 is 5.97 Å². The lowest BCUT2D eigenvalue weighted by Gasteiger charge is -2.04. The third-order valence-electron chi connectivity index (χ3n) is 3.46. The average molecular weight is 295 g/mol. The van der Waals surface area contributed by atoms with Gasteiger partial charge in [-0.05, 0) is 24.6 Å². The SMILES string of the molecule is CC(=O)c1cn(CC(=O)O)c2ccc(-c3cncnc3)cc12. The van der Waals surface area contributed by atoms with Crippen LogP contribution in [-0.2, 0) is 11.3 Å². The number of benzene rings is 1. The predicted molar refractivity (Wildman–Crippen MR) is 80.6 cm³/mol. The van der Waals surface area contributed by atoms with Crippen LogP contribution in [0.5, 0.6) is 0 Å². The molecule has 0 spiro atoms. The van der Waals surface area contributed by atoms with Crippen molar-refractivity contribution in [3.05, 3.63) is 48.7 Å². The molecule has 110 valence electrons. The maximum absolute atomic E-state index is 11.8. The van der Waals surface area contributed by atoms with Crippen molar-refractivity contribution in [2.24, 2.45) is 0 Å². The van der Waals surface area contributed by atoms with E-state index in [-0.39, 0.29) is 12.3 Å². The summed E-state index contributed by atoms with van der Waals surface area (Å²) in [5.41, 5.74) is 2.94. The van der Waals surface area contributed by atoms with Crippen LogP contribution in [0.2, 0.25) is 0 Å². The Morgan fingerprint density at radius 2 is 1.91 bits per heavy atom. The fourth-order valence-electron chi connectivity index (χ4n) is 2.48. The topological polar surface area (TPSA) is 85.1 Å². The minimum Gasteiger partial charge on any atom is -0.480 e. The van der Waals surface area contributed by atoms with Crippen molar-refractivity contribution in [1.29, 1.82) is 0 Å². The van der Waals surface area contributed by atoms with Gasteiger partial charge in [-0.15, -0.1) is 0 Å². The first-order valence-corrected chi connectivity index (χ1v) is 6.67. The molecular formula is C16H13N3O3. The van der Waals surface area contributed by atoms with Gasteiger partial charge in [0.2, 0.25) is 0 Å². The summed E-state index contributed by atoms with van der Waals surface area (Å²) in [5, 5.41) is 9.72. The highest BCUT2D eigenvalue weighted by Gasteiger charge is 2.14. The summed E-state index contributed by atoms with van der Waals surface area (Å²) < 4.78 is 1.57. The van der Waals surface area contributed by atoms with Gasteiger partial charge in [0.25, 0.3) is 0 Å². The number of aromatic nitrogens is 3. The first-order chi connectivity index (χ1) is 10.6. The second-order valence-electron chi connectivity index (χ2n) is 4.98. The summed E-state index contributed by atoms with van der Waals surface area (Å²) in [4.78, 5) is 30.7. The van der Waals surface area contributed by atoms with E-state index in [2.05, 4.69) is 9.97 Å². The number of carboxylic acids is 1. The van der Waals surface area contributed by atoms with Crippen molar-refractivity contribution in [2.45, 2.75) is 13.5 Å². The molecule has 1 aromatic carbocycles. The Morgan fingerprint density at radius 1 is 1.18 bits per heavy atom. The number of nitrogens with zero attached hydrogens (tertiary/aromatic N) is 3. The van der Waals surface area contributed by atoms with Gasteiger partial charge in [-0.3, -0.25) is 9.59 Å². The number of rotatable bonds is 4. The summed E-state index contributed by atoms with van der Waals surface area (Å²) in [6, 6.07) is 5.54. The van der Waals surface area contributed by atoms with Crippen molar-refractivity contribution in [2.75, 3.05) is 0 Å². The number of carbonyl (C=O) groups is 2. The number of ketones is 1. The molecular weight excluding hydrogens is 282 g/mol. The zero-order valence-electron chi connectivity index (χ0n) is 11.9. The minimum absolute atomic E-state index is 0.101. The van der Waals surface area contributed by atoms with E-state index < -0.39 is 5.97 Å². The molecule has 0 atom stereocenters. The lowest BCUT2D eigenvalue weighted by Crippen LogP contribution is -2.07. The Bertz CT molecular complexity index is 869. The molecule has 0 unspecified atom stereocenters. The van der Waals surface area contributed by atoms with Crippen LogP contribution in [-0.4, -0.2) is 31.4 Å². The van der Waals surface area contributed by atoms with Crippen LogP contribution in [0.3, 0.4) is 0 Å². The van der Waals surface area contributed by atoms with E-state index in [4.69, 9.17) is 5.11 Å². The van der Waals surface area contributed by atoms with E-state index in [1.165, 1.54) is 13.3 Å². The van der Waals surface area contributed by atoms with Crippen molar-refractivity contribution < 1.29 is 14.7 Å². The zero-order chi connectivity index (χ0) is 15.7. The third kappa shape index (κ3) is 2.46. The Morgan fingerprint density at radius 3 is 2.55 bits per heavy atom. The number of Topliss-reactive ketones (excluding diaryl/α,β-unsaturated/α-hetero) is 1. The fraction of sp³-hybridized carbons (Fsp3) is 0.125. The number of carbonyl (C=O) groups excluding carboxylic acids is 1. The molecule has 0 saturated carbocycles. The lowest BCUT2D eigenvalue weighted by molar-refractivity contribution is -0.137. The molecule has 2 aromatic heterocycles. The molecule has 3 aromatic rings. The van der Waals surface area contributed by atoms with Crippen LogP contribution in [0.25, 0.3) is 22.0 Å². The van der Waals surface area contributed by atoms with Crippen molar-refractivity contribution in [3.8, 4) is 11.1 Å². The predicted octanol–water partition coefficient (Wildman–Crippen LogP) is 2.39. The molecule has 0 radical (unpaired) electrons. The highest BCUT2D eigenvalue weighted by molar-refractivity contribution is 6.08. The summed E-state index contributed by atoms with van der Waals surface area (Å²) >= 11 is 0. The molecule has 0 fully saturated rings. The molecule has 3 rings (SSSR count). The molecule has 1 N–H and O–H groups in total. The average Bonchev–Trinajstić information content (AvgIpc) is 2.86. The van der Waals surface area contributed by atoms with E-state index in [0.29, 0.717) is 11.1 Å². The third-order valence-corrected chi connectivity index (χ3v) is 3.46. The minimum atomic E-state index is -0.951. The first kappa shape index (κ1) is 13.9. The number of hydrogen-bond donors (Lipinski definition) is 1. The highest BCUT2D eigenvalue weighted by Crippen LogP contribution is 2.27. The van der Waals surface area contributed by atoms with Gasteiger partial charge in [0.1, 0.15) is 12.9 Å². The molecule has 0 bridgehead atoms. The maximum Gasteiger partial charge on any atom is 0.323 e. The van der Waals surface area contributed by atoms with Crippen molar-refractivity contribution in [3.63, 3.8) is 0 Å². The molecule has 22 heavy (non-hydrogen) atoms. The smallest absolute Gasteiger partial charge is 0.323 e. The maximum atomic E-state index is 11.8. The van der Waals surface area contributed by atoms with Crippen LogP contribution in [0.15, 0.2) is 43.1 Å². The summed E-state index contributed by atoms with van der Waals surface area (Å²) in [7, 11) is 0. The monoisotopic (exact) mass is 295 g/mol. The van der Waals surface area contributed by atoms with Gasteiger partial charge in [0.05, 0.1) is 0 Å². The van der Waals surface area contributed by atoms with Gasteiger partial charge in [0, 0.05) is 40.6 Å². The van der Waals surface area contributed by atoms with Crippen molar-refractivity contribution >= 4 is 22.7 Å². The fourth-order valence-corrected chi connectivity index (χ4v) is 2.48. The Kier molecular flexibility index (Phi) is 3.42. The quantitative estimate of drug-likeness (QED) is 0.747. The first-order valence-electron chi connectivity index (χ1n) is 6.67. The van der Waals surface area contributed by atoms with E-state index in [9.17, 15) is 9.59 Å². The van der Waals surface area contributed by atoms with Gasteiger partial charge in [-0.2, -0.15) is 0 Å². The van der Waals surface area contributed by atoms with Gasteiger partial charge in [-0.1, -0.05) is 6.07 Å². The van der Waals surface area contributed by atoms with E-state index in [1.54, 1.807) is 23.2 Å². The van der Waals surface area contributed by atoms with E-state index in [0.717, 1.165) is 16.5 Å². The Balaban J connectivity index is 2.20. The summed E-state index contributed by atoms with van der Waals surface area (Å²) in [6.07, 6.45) is 6.42. The molecule has 0 aliphatic rings. The second kappa shape index (κ2) is 5.40. The number of aliphatic carboxylic acids is 1. The summed E-state index contributed by atoms with van der Waals surface area (Å²) in [5.74, 6) is -1.05. The number of fused-ring (bicyclic) bond motifs is 1. The largest absolute Gasteiger partial charge is 0.480 e. The second-order valence-corrected chi connectivity index (χ2v) is 4.98. The van der Waals surface area contributed by atoms with Crippen molar-refractivity contribution in [1.82, 2.24) is 14.5 Å². The van der Waals surface area contributed by atoms with Crippen LogP contribution < -0.4 is 0 Å². The van der Waals surface area contributed by atoms with Gasteiger partial charge in [0.15, 0.2) is 5.78 Å². The molecule has 0 amide bonds. The molecule has 0 aliphatic carbocycles. The van der Waals surface area contributed by atoms with Crippen LogP contribution in [0.1, 0.15) is 17.3 Å². The van der Waals surface area contributed by atoms with Crippen LogP contribution >= 0.6 is 0 Å². The van der Waals surface area contributed by atoms with Gasteiger partial charge in [-0.25, -0.2) is 9.97 Å². The summed E-state index contributed by atoms with van der Waals surface area (Å²) in [6.45, 7) is 1.29. The molecule has 6 heteroatoms. The Hall–Kier alpha value is -3.02. The van der Waals surface area contributed by atoms with Crippen LogP contribution in [0, 0.1) is 0 Å². The lowest BCUT2D eigenvalue weighted by atomic mass is 10.0. The molecule has 6 nitrogen and oxygen atoms in total. The van der Waals surface area contributed by atoms with Gasteiger partial charge < -0.3 is 9.67 Å². The van der Waals surface area contributed by atoms with E-state index >= 15 is 0 Å². The zero-order valence-corrected chi connectivity index (χ0v) is 11.9. The highest BCUT2D eigenvalue weighted by atomic mass is 16.4. The normalized spacial score (nSPS) is 10.8. The molecule has 0 aliphatic heterocycles.